The zero-order chi connectivity index (χ0) is 22.5. The average molecular weight is 495 g/mol. The number of piperazine rings is 1. The first-order chi connectivity index (χ1) is 15.3. The molecule has 1 saturated heterocycles. The third kappa shape index (κ3) is 3.90. The van der Waals surface area contributed by atoms with Crippen LogP contribution < -0.4 is 10.0 Å². The molecule has 1 aliphatic carbocycles. The van der Waals surface area contributed by atoms with Crippen LogP contribution in [0.15, 0.2) is 52.4 Å². The Labute approximate surface area is 192 Å². The number of sulfonamides is 2. The van der Waals surface area contributed by atoms with Crippen molar-refractivity contribution in [2.75, 3.05) is 30.9 Å². The maximum atomic E-state index is 13.0. The van der Waals surface area contributed by atoms with Crippen LogP contribution in [0.4, 0.5) is 5.69 Å². The normalized spacial score (nSPS) is 18.2. The van der Waals surface area contributed by atoms with E-state index in [4.69, 9.17) is 11.6 Å². The van der Waals surface area contributed by atoms with Gasteiger partial charge in [0, 0.05) is 37.8 Å². The van der Waals surface area contributed by atoms with Gasteiger partial charge >= 0.3 is 0 Å². The molecule has 2 heterocycles. The number of benzene rings is 2. The molecular formula is C21H23ClN4O4S2. The lowest BCUT2D eigenvalue weighted by Crippen LogP contribution is -2.46. The second-order valence-corrected chi connectivity index (χ2v) is 12.1. The van der Waals surface area contributed by atoms with Crippen molar-refractivity contribution in [3.8, 4) is 0 Å². The molecular weight excluding hydrogens is 472 g/mol. The molecule has 0 atom stereocenters. The standard InChI is InChI=1S/C21H23ClN4O4S2/c22-18-13-24-21-19(8-7-17(20(18)21)14-1-2-14)25-31(27,28)15-3-5-16(6-4-15)32(29,30)26-11-9-23-10-12-26/h3-8,13-14,23-25H,1-2,9-12H2. The fourth-order valence-electron chi connectivity index (χ4n) is 4.08. The number of hydrogen-bond acceptors (Lipinski definition) is 5. The second kappa shape index (κ2) is 8.03. The van der Waals surface area contributed by atoms with Gasteiger partial charge in [-0.1, -0.05) is 17.7 Å². The van der Waals surface area contributed by atoms with Crippen LogP contribution in [0, 0.1) is 0 Å². The van der Waals surface area contributed by atoms with E-state index in [-0.39, 0.29) is 9.79 Å². The number of aromatic amines is 1. The van der Waals surface area contributed by atoms with E-state index in [0.29, 0.717) is 48.3 Å². The van der Waals surface area contributed by atoms with E-state index in [1.165, 1.54) is 28.6 Å². The number of nitrogens with zero attached hydrogens (tertiary/aromatic N) is 1. The molecule has 5 rings (SSSR count). The molecule has 0 amide bonds. The highest BCUT2D eigenvalue weighted by Gasteiger charge is 2.29. The molecule has 170 valence electrons. The summed E-state index contributed by atoms with van der Waals surface area (Å²) in [4.78, 5) is 3.13. The highest BCUT2D eigenvalue weighted by molar-refractivity contribution is 7.92. The van der Waals surface area contributed by atoms with E-state index in [1.54, 1.807) is 12.3 Å². The summed E-state index contributed by atoms with van der Waals surface area (Å²) in [6, 6.07) is 8.96. The molecule has 0 bridgehead atoms. The summed E-state index contributed by atoms with van der Waals surface area (Å²) in [5.74, 6) is 0.460. The number of aromatic nitrogens is 1. The second-order valence-electron chi connectivity index (χ2n) is 8.09. The van der Waals surface area contributed by atoms with Crippen LogP contribution >= 0.6 is 11.6 Å². The van der Waals surface area contributed by atoms with Crippen LogP contribution in [0.1, 0.15) is 24.3 Å². The molecule has 1 saturated carbocycles. The lowest BCUT2D eigenvalue weighted by molar-refractivity contribution is 0.360. The summed E-state index contributed by atoms with van der Waals surface area (Å²) in [6.45, 7) is 1.95. The highest BCUT2D eigenvalue weighted by Crippen LogP contribution is 2.46. The van der Waals surface area contributed by atoms with Gasteiger partial charge in [-0.2, -0.15) is 4.31 Å². The molecule has 1 aromatic heterocycles. The zero-order valence-electron chi connectivity index (χ0n) is 17.1. The number of hydrogen-bond donors (Lipinski definition) is 3. The first kappa shape index (κ1) is 21.7. The Morgan fingerprint density at radius 2 is 1.59 bits per heavy atom. The Bertz CT molecular complexity index is 1380. The van der Waals surface area contributed by atoms with Gasteiger partial charge in [-0.15, -0.1) is 0 Å². The Balaban J connectivity index is 1.43. The van der Waals surface area contributed by atoms with Crippen molar-refractivity contribution in [2.24, 2.45) is 0 Å². The summed E-state index contributed by atoms with van der Waals surface area (Å²) in [5, 5.41) is 4.51. The Morgan fingerprint density at radius 3 is 2.25 bits per heavy atom. The number of rotatable bonds is 6. The van der Waals surface area contributed by atoms with E-state index in [1.807, 2.05) is 6.07 Å². The van der Waals surface area contributed by atoms with Gasteiger partial charge in [0.15, 0.2) is 0 Å². The molecule has 2 aromatic carbocycles. The van der Waals surface area contributed by atoms with Crippen LogP contribution in [-0.4, -0.2) is 52.3 Å². The summed E-state index contributed by atoms with van der Waals surface area (Å²) >= 11 is 6.36. The Kier molecular flexibility index (Phi) is 5.45. The van der Waals surface area contributed by atoms with Crippen molar-refractivity contribution in [2.45, 2.75) is 28.6 Å². The van der Waals surface area contributed by atoms with E-state index < -0.39 is 20.0 Å². The van der Waals surface area contributed by atoms with Crippen LogP contribution in [0.5, 0.6) is 0 Å². The monoisotopic (exact) mass is 494 g/mol. The van der Waals surface area contributed by atoms with Crippen molar-refractivity contribution < 1.29 is 16.8 Å². The van der Waals surface area contributed by atoms with Crippen LogP contribution in [-0.2, 0) is 20.0 Å². The molecule has 11 heteroatoms. The highest BCUT2D eigenvalue weighted by atomic mass is 35.5. The molecule has 0 unspecified atom stereocenters. The first-order valence-electron chi connectivity index (χ1n) is 10.4. The topological polar surface area (TPSA) is 111 Å². The van der Waals surface area contributed by atoms with Crippen LogP contribution in [0.25, 0.3) is 10.9 Å². The molecule has 2 aliphatic rings. The predicted octanol–water partition coefficient (Wildman–Crippen LogP) is 3.09. The summed E-state index contributed by atoms with van der Waals surface area (Å²) in [5.41, 5.74) is 2.16. The van der Waals surface area contributed by atoms with Crippen molar-refractivity contribution in [1.82, 2.24) is 14.6 Å². The summed E-state index contributed by atoms with van der Waals surface area (Å²) in [7, 11) is -7.59. The predicted molar refractivity (Wildman–Crippen MR) is 124 cm³/mol. The zero-order valence-corrected chi connectivity index (χ0v) is 19.5. The fraction of sp³-hybridized carbons (Fsp3) is 0.333. The number of anilines is 1. The lowest BCUT2D eigenvalue weighted by atomic mass is 10.1. The smallest absolute Gasteiger partial charge is 0.261 e. The van der Waals surface area contributed by atoms with Gasteiger partial charge in [-0.3, -0.25) is 4.72 Å². The SMILES string of the molecule is O=S(=O)(Nc1ccc(C2CC2)c2c(Cl)c[nH]c12)c1ccc(S(=O)(=O)N2CCNCC2)cc1. The van der Waals surface area contributed by atoms with Gasteiger partial charge in [-0.25, -0.2) is 16.8 Å². The number of nitrogens with one attached hydrogen (secondary N) is 3. The third-order valence-corrected chi connectivity index (χ3v) is 9.52. The van der Waals surface area contributed by atoms with Gasteiger partial charge in [-0.05, 0) is 54.7 Å². The van der Waals surface area contributed by atoms with Crippen molar-refractivity contribution in [3.63, 3.8) is 0 Å². The number of H-pyrrole nitrogens is 1. The fourth-order valence-corrected chi connectivity index (χ4v) is 6.85. The van der Waals surface area contributed by atoms with Crippen molar-refractivity contribution in [1.29, 1.82) is 0 Å². The number of fused-ring (bicyclic) bond motifs is 1. The molecule has 3 N–H and O–H groups in total. The van der Waals surface area contributed by atoms with E-state index in [2.05, 4.69) is 15.0 Å². The minimum atomic E-state index is -3.93. The molecule has 0 spiro atoms. The van der Waals surface area contributed by atoms with Gasteiger partial charge in [0.2, 0.25) is 10.0 Å². The third-order valence-electron chi connectivity index (χ3n) is 5.93. The largest absolute Gasteiger partial charge is 0.358 e. The first-order valence-corrected chi connectivity index (χ1v) is 13.7. The summed E-state index contributed by atoms with van der Waals surface area (Å²) in [6.07, 6.45) is 3.86. The molecule has 8 nitrogen and oxygen atoms in total. The Hall–Kier alpha value is -2.11. The molecule has 32 heavy (non-hydrogen) atoms. The Morgan fingerprint density at radius 1 is 0.938 bits per heavy atom. The number of halogens is 1. The van der Waals surface area contributed by atoms with E-state index in [0.717, 1.165) is 23.8 Å². The van der Waals surface area contributed by atoms with E-state index in [9.17, 15) is 16.8 Å². The minimum Gasteiger partial charge on any atom is -0.358 e. The lowest BCUT2D eigenvalue weighted by Gasteiger charge is -2.26. The maximum Gasteiger partial charge on any atom is 0.261 e. The molecule has 2 fully saturated rings. The van der Waals surface area contributed by atoms with Crippen LogP contribution in [0.3, 0.4) is 0 Å². The molecule has 1 aliphatic heterocycles. The van der Waals surface area contributed by atoms with Crippen molar-refractivity contribution in [3.05, 3.63) is 53.2 Å². The summed E-state index contributed by atoms with van der Waals surface area (Å²) < 4.78 is 55.6. The maximum absolute atomic E-state index is 13.0. The van der Waals surface area contributed by atoms with Crippen LogP contribution in [0.2, 0.25) is 5.02 Å². The van der Waals surface area contributed by atoms with E-state index >= 15 is 0 Å². The van der Waals surface area contributed by atoms with Gasteiger partial charge in [0.05, 0.1) is 26.0 Å². The quantitative estimate of drug-likeness (QED) is 0.487. The molecule has 0 radical (unpaired) electrons. The van der Waals surface area contributed by atoms with Gasteiger partial charge in [0.25, 0.3) is 10.0 Å². The average Bonchev–Trinajstić information content (AvgIpc) is 3.56. The molecule has 3 aromatic rings. The van der Waals surface area contributed by atoms with Gasteiger partial charge < -0.3 is 10.3 Å². The minimum absolute atomic E-state index is 0.0196. The van der Waals surface area contributed by atoms with Gasteiger partial charge in [0.1, 0.15) is 0 Å². The van der Waals surface area contributed by atoms with Crippen molar-refractivity contribution >= 4 is 48.2 Å².